The van der Waals surface area contributed by atoms with E-state index in [-0.39, 0.29) is 12.3 Å². The number of halogens is 1. The zero-order valence-electron chi connectivity index (χ0n) is 12.4. The Morgan fingerprint density at radius 3 is 2.77 bits per heavy atom. The van der Waals surface area contributed by atoms with Crippen molar-refractivity contribution in [2.45, 2.75) is 6.92 Å². The molecule has 0 aliphatic heterocycles. The minimum atomic E-state index is -0.559. The summed E-state index contributed by atoms with van der Waals surface area (Å²) in [6.07, 6.45) is 1.09. The highest BCUT2D eigenvalue weighted by Crippen LogP contribution is 2.26. The van der Waals surface area contributed by atoms with E-state index in [4.69, 9.17) is 10.8 Å². The predicted octanol–water partition coefficient (Wildman–Crippen LogP) is 1.12. The van der Waals surface area contributed by atoms with E-state index in [0.717, 1.165) is 6.20 Å². The molecule has 1 heterocycles. The lowest BCUT2D eigenvalue weighted by Gasteiger charge is -2.16. The third-order valence-corrected chi connectivity index (χ3v) is 3.27. The number of anilines is 1. The molecule has 7 heteroatoms. The molecule has 0 radical (unpaired) electrons. The van der Waals surface area contributed by atoms with Crippen molar-refractivity contribution in [3.8, 4) is 11.3 Å². The fraction of sp³-hybridized carbons (Fsp3) is 0.267. The van der Waals surface area contributed by atoms with Gasteiger partial charge in [-0.2, -0.15) is 0 Å². The molecule has 0 spiro atoms. The SMILES string of the molecule is Cc1cc(C(N)=O)ccc1-c1nc(N(C)CCO)ncc1F. The third-order valence-electron chi connectivity index (χ3n) is 3.27. The normalized spacial score (nSPS) is 10.5. The number of likely N-dealkylation sites (N-methyl/N-ethyl adjacent to an activating group) is 1. The van der Waals surface area contributed by atoms with Crippen LogP contribution in [0.25, 0.3) is 11.3 Å². The van der Waals surface area contributed by atoms with Crippen molar-refractivity contribution in [3.63, 3.8) is 0 Å². The molecule has 1 aromatic heterocycles. The van der Waals surface area contributed by atoms with Crippen LogP contribution in [0.3, 0.4) is 0 Å². The minimum absolute atomic E-state index is 0.0566. The van der Waals surface area contributed by atoms with Crippen LogP contribution in [0.1, 0.15) is 15.9 Å². The molecule has 2 aromatic rings. The van der Waals surface area contributed by atoms with Gasteiger partial charge in [0, 0.05) is 24.7 Å². The molecule has 0 aliphatic rings. The fourth-order valence-electron chi connectivity index (χ4n) is 2.06. The van der Waals surface area contributed by atoms with Crippen molar-refractivity contribution in [2.75, 3.05) is 25.1 Å². The van der Waals surface area contributed by atoms with Crippen LogP contribution in [0.5, 0.6) is 0 Å². The number of hydrogen-bond acceptors (Lipinski definition) is 5. The lowest BCUT2D eigenvalue weighted by Crippen LogP contribution is -2.23. The Bertz CT molecular complexity index is 706. The van der Waals surface area contributed by atoms with Gasteiger partial charge in [0.15, 0.2) is 5.82 Å². The number of aromatic nitrogens is 2. The summed E-state index contributed by atoms with van der Waals surface area (Å²) in [5, 5.41) is 8.95. The van der Waals surface area contributed by atoms with Gasteiger partial charge in [0.1, 0.15) is 5.69 Å². The number of aryl methyl sites for hydroxylation is 1. The quantitative estimate of drug-likeness (QED) is 0.863. The second kappa shape index (κ2) is 6.48. The second-order valence-electron chi connectivity index (χ2n) is 4.91. The first-order valence-electron chi connectivity index (χ1n) is 6.69. The summed E-state index contributed by atoms with van der Waals surface area (Å²) >= 11 is 0. The molecule has 0 aliphatic carbocycles. The van der Waals surface area contributed by atoms with Gasteiger partial charge in [0.05, 0.1) is 12.8 Å². The van der Waals surface area contributed by atoms with Gasteiger partial charge in [-0.1, -0.05) is 6.07 Å². The van der Waals surface area contributed by atoms with Gasteiger partial charge in [-0.25, -0.2) is 14.4 Å². The third kappa shape index (κ3) is 3.20. The highest BCUT2D eigenvalue weighted by atomic mass is 19.1. The number of carbonyl (C=O) groups excluding carboxylic acids is 1. The van der Waals surface area contributed by atoms with Crippen molar-refractivity contribution < 1.29 is 14.3 Å². The second-order valence-corrected chi connectivity index (χ2v) is 4.91. The van der Waals surface area contributed by atoms with E-state index in [9.17, 15) is 9.18 Å². The van der Waals surface area contributed by atoms with E-state index in [2.05, 4.69) is 9.97 Å². The van der Waals surface area contributed by atoms with E-state index in [0.29, 0.717) is 29.2 Å². The van der Waals surface area contributed by atoms with Gasteiger partial charge in [-0.05, 0) is 24.6 Å². The summed E-state index contributed by atoms with van der Waals surface area (Å²) in [5.41, 5.74) is 6.97. The van der Waals surface area contributed by atoms with Gasteiger partial charge in [-0.15, -0.1) is 0 Å². The Balaban J connectivity index is 2.48. The average molecular weight is 304 g/mol. The maximum Gasteiger partial charge on any atom is 0.248 e. The largest absolute Gasteiger partial charge is 0.395 e. The van der Waals surface area contributed by atoms with E-state index in [1.165, 1.54) is 6.07 Å². The summed E-state index contributed by atoms with van der Waals surface area (Å²) in [6.45, 7) is 2.03. The molecule has 3 N–H and O–H groups in total. The molecule has 0 saturated carbocycles. The standard InChI is InChI=1S/C15H17FN4O2/c1-9-7-10(14(17)22)3-4-11(9)13-12(16)8-18-15(19-13)20(2)5-6-21/h3-4,7-8,21H,5-6H2,1-2H3,(H2,17,22). The van der Waals surface area contributed by atoms with Crippen molar-refractivity contribution in [1.29, 1.82) is 0 Å². The number of benzene rings is 1. The molecule has 0 unspecified atom stereocenters. The zero-order chi connectivity index (χ0) is 16.3. The molecule has 1 amide bonds. The molecule has 116 valence electrons. The Hall–Kier alpha value is -2.54. The molecule has 22 heavy (non-hydrogen) atoms. The summed E-state index contributed by atoms with van der Waals surface area (Å²) in [6, 6.07) is 4.73. The number of carbonyl (C=O) groups is 1. The van der Waals surface area contributed by atoms with E-state index in [1.54, 1.807) is 31.0 Å². The monoisotopic (exact) mass is 304 g/mol. The molecule has 0 atom stereocenters. The molecule has 0 saturated heterocycles. The first-order chi connectivity index (χ1) is 10.4. The number of aliphatic hydroxyl groups excluding tert-OH is 1. The Kier molecular flexibility index (Phi) is 4.67. The number of hydrogen-bond donors (Lipinski definition) is 2. The number of primary amides is 1. The predicted molar refractivity (Wildman–Crippen MR) is 81.0 cm³/mol. The van der Waals surface area contributed by atoms with E-state index in [1.807, 2.05) is 0 Å². The Morgan fingerprint density at radius 1 is 1.45 bits per heavy atom. The molecular weight excluding hydrogens is 287 g/mol. The van der Waals surface area contributed by atoms with Gasteiger partial charge < -0.3 is 15.7 Å². The highest BCUT2D eigenvalue weighted by molar-refractivity contribution is 5.93. The van der Waals surface area contributed by atoms with Crippen molar-refractivity contribution in [3.05, 3.63) is 41.3 Å². The van der Waals surface area contributed by atoms with Crippen LogP contribution < -0.4 is 10.6 Å². The zero-order valence-corrected chi connectivity index (χ0v) is 12.4. The first-order valence-corrected chi connectivity index (χ1v) is 6.69. The number of aliphatic hydroxyl groups is 1. The fourth-order valence-corrected chi connectivity index (χ4v) is 2.06. The van der Waals surface area contributed by atoms with Crippen molar-refractivity contribution in [1.82, 2.24) is 9.97 Å². The minimum Gasteiger partial charge on any atom is -0.395 e. The Labute approximate surface area is 127 Å². The van der Waals surface area contributed by atoms with Crippen LogP contribution in [0, 0.1) is 12.7 Å². The maximum absolute atomic E-state index is 14.1. The van der Waals surface area contributed by atoms with Crippen LogP contribution in [0.15, 0.2) is 24.4 Å². The van der Waals surface area contributed by atoms with Gasteiger partial charge in [-0.3, -0.25) is 4.79 Å². The van der Waals surface area contributed by atoms with Crippen LogP contribution in [0.2, 0.25) is 0 Å². The summed E-state index contributed by atoms with van der Waals surface area (Å²) in [5.74, 6) is -0.791. The van der Waals surface area contributed by atoms with Crippen molar-refractivity contribution >= 4 is 11.9 Å². The summed E-state index contributed by atoms with van der Waals surface area (Å²) < 4.78 is 14.1. The van der Waals surface area contributed by atoms with Crippen LogP contribution in [0.4, 0.5) is 10.3 Å². The molecule has 0 fully saturated rings. The molecule has 0 bridgehead atoms. The first kappa shape index (κ1) is 15.8. The number of rotatable bonds is 5. The Morgan fingerprint density at radius 2 is 2.18 bits per heavy atom. The van der Waals surface area contributed by atoms with Gasteiger partial charge in [0.2, 0.25) is 11.9 Å². The molecule has 6 nitrogen and oxygen atoms in total. The highest BCUT2D eigenvalue weighted by Gasteiger charge is 2.14. The summed E-state index contributed by atoms with van der Waals surface area (Å²) in [7, 11) is 1.70. The number of nitrogens with zero attached hydrogens (tertiary/aromatic N) is 3. The number of amides is 1. The number of nitrogens with two attached hydrogens (primary N) is 1. The molecule has 2 rings (SSSR count). The maximum atomic E-state index is 14.1. The molecular formula is C15H17FN4O2. The van der Waals surface area contributed by atoms with Crippen LogP contribution >= 0.6 is 0 Å². The molecule has 1 aromatic carbocycles. The lowest BCUT2D eigenvalue weighted by molar-refractivity contribution is 0.1000. The average Bonchev–Trinajstić information content (AvgIpc) is 2.48. The van der Waals surface area contributed by atoms with Crippen LogP contribution in [-0.2, 0) is 0 Å². The van der Waals surface area contributed by atoms with Crippen LogP contribution in [-0.4, -0.2) is 41.2 Å². The topological polar surface area (TPSA) is 92.3 Å². The van der Waals surface area contributed by atoms with E-state index < -0.39 is 11.7 Å². The summed E-state index contributed by atoms with van der Waals surface area (Å²) in [4.78, 5) is 20.9. The lowest BCUT2D eigenvalue weighted by atomic mass is 10.0. The van der Waals surface area contributed by atoms with Gasteiger partial charge >= 0.3 is 0 Å². The van der Waals surface area contributed by atoms with Gasteiger partial charge in [0.25, 0.3) is 0 Å². The van der Waals surface area contributed by atoms with Crippen molar-refractivity contribution in [2.24, 2.45) is 5.73 Å². The smallest absolute Gasteiger partial charge is 0.248 e. The van der Waals surface area contributed by atoms with E-state index >= 15 is 0 Å².